The summed E-state index contributed by atoms with van der Waals surface area (Å²) in [5.41, 5.74) is 0.776. The van der Waals surface area contributed by atoms with Crippen LogP contribution in [0.4, 0.5) is 0 Å². The van der Waals surface area contributed by atoms with E-state index in [-0.39, 0.29) is 29.6 Å². The van der Waals surface area contributed by atoms with Crippen molar-refractivity contribution in [2.75, 3.05) is 6.61 Å². The van der Waals surface area contributed by atoms with Gasteiger partial charge in [0, 0.05) is 5.57 Å². The summed E-state index contributed by atoms with van der Waals surface area (Å²) in [5, 5.41) is 20.7. The zero-order valence-electron chi connectivity index (χ0n) is 19.4. The topological polar surface area (TPSA) is 93.1 Å². The number of rotatable bonds is 5. The maximum atomic E-state index is 12.8. The molecule has 2 N–H and O–H groups in total. The number of aliphatic hydroxyl groups is 1. The Morgan fingerprint density at radius 3 is 2.67 bits per heavy atom. The number of phenolic OH excluding ortho intramolecular Hbond substituents is 1. The second-order valence-electron chi connectivity index (χ2n) is 9.99. The van der Waals surface area contributed by atoms with Crippen LogP contribution in [0.1, 0.15) is 50.4 Å². The maximum Gasteiger partial charge on any atom is 0.338 e. The lowest BCUT2D eigenvalue weighted by Gasteiger charge is -2.58. The monoisotopic (exact) mass is 452 g/mol. The second kappa shape index (κ2) is 8.49. The number of allylic oxidation sites excluding steroid dienone is 3. The van der Waals surface area contributed by atoms with Crippen molar-refractivity contribution in [3.05, 3.63) is 65.8 Å². The highest BCUT2D eigenvalue weighted by Crippen LogP contribution is 2.64. The molecule has 1 aromatic carbocycles. The first-order chi connectivity index (χ1) is 15.6. The second-order valence-corrected chi connectivity index (χ2v) is 9.99. The average Bonchev–Trinajstić information content (AvgIpc) is 3.13. The minimum atomic E-state index is -0.796. The smallest absolute Gasteiger partial charge is 0.338 e. The molecular weight excluding hydrogens is 420 g/mol. The Labute approximate surface area is 194 Å². The van der Waals surface area contributed by atoms with Gasteiger partial charge < -0.3 is 19.7 Å². The number of carbonyl (C=O) groups is 2. The van der Waals surface area contributed by atoms with Crippen LogP contribution in [-0.2, 0) is 14.3 Å². The van der Waals surface area contributed by atoms with Crippen molar-refractivity contribution in [1.82, 2.24) is 0 Å². The molecule has 4 rings (SSSR count). The molecule has 1 aliphatic heterocycles. The van der Waals surface area contributed by atoms with Crippen molar-refractivity contribution in [2.45, 2.75) is 52.2 Å². The SMILES string of the molecule is C=C/C(C)=C/CC1(C)C(C)CC(O)C23COC(=O)C2=CC(OC(=O)c2ccc(O)cc2)CC13. The summed E-state index contributed by atoms with van der Waals surface area (Å²) in [6.07, 6.45) is 6.14. The van der Waals surface area contributed by atoms with Crippen molar-refractivity contribution in [3.8, 4) is 5.75 Å². The molecule has 6 heteroatoms. The predicted molar refractivity (Wildman–Crippen MR) is 123 cm³/mol. The van der Waals surface area contributed by atoms with Gasteiger partial charge in [0.15, 0.2) is 0 Å². The molecule has 0 bridgehead atoms. The van der Waals surface area contributed by atoms with Gasteiger partial charge in [-0.2, -0.15) is 0 Å². The van der Waals surface area contributed by atoms with Gasteiger partial charge in [0.05, 0.1) is 17.1 Å². The third kappa shape index (κ3) is 3.80. The van der Waals surface area contributed by atoms with Gasteiger partial charge in [0.1, 0.15) is 18.5 Å². The Balaban J connectivity index is 1.72. The molecule has 0 aromatic heterocycles. The van der Waals surface area contributed by atoms with Crippen LogP contribution in [0.5, 0.6) is 5.75 Å². The molecule has 33 heavy (non-hydrogen) atoms. The molecule has 0 radical (unpaired) electrons. The van der Waals surface area contributed by atoms with Gasteiger partial charge in [-0.05, 0) is 73.8 Å². The van der Waals surface area contributed by atoms with Gasteiger partial charge >= 0.3 is 11.9 Å². The maximum absolute atomic E-state index is 12.8. The van der Waals surface area contributed by atoms with E-state index >= 15 is 0 Å². The molecule has 0 amide bonds. The van der Waals surface area contributed by atoms with Crippen LogP contribution in [-0.4, -0.2) is 41.0 Å². The summed E-state index contributed by atoms with van der Waals surface area (Å²) in [6.45, 7) is 10.3. The first kappa shape index (κ1) is 23.3. The number of benzene rings is 1. The minimum Gasteiger partial charge on any atom is -0.508 e. The standard InChI is InChI=1S/C27H32O6/c1-5-16(2)10-11-26(4)17(3)12-23(29)27-15-32-25(31)21(27)13-20(14-22(26)27)33-24(30)18-6-8-19(28)9-7-18/h5-10,13,17,20,22-23,28-29H,1,11-12,14-15H2,2-4H3/b16-10+. The fourth-order valence-electron chi connectivity index (χ4n) is 5.95. The molecule has 1 spiro atoms. The molecule has 176 valence electrons. The Morgan fingerprint density at radius 1 is 1.30 bits per heavy atom. The number of carbonyl (C=O) groups excluding carboxylic acids is 2. The highest BCUT2D eigenvalue weighted by molar-refractivity contribution is 5.93. The van der Waals surface area contributed by atoms with Crippen molar-refractivity contribution in [3.63, 3.8) is 0 Å². The minimum absolute atomic E-state index is 0.0636. The summed E-state index contributed by atoms with van der Waals surface area (Å²) < 4.78 is 11.3. The van der Waals surface area contributed by atoms with E-state index in [0.29, 0.717) is 24.0 Å². The number of aliphatic hydroxyl groups excluding tert-OH is 1. The van der Waals surface area contributed by atoms with Gasteiger partial charge in [-0.15, -0.1) is 0 Å². The van der Waals surface area contributed by atoms with Crippen LogP contribution < -0.4 is 0 Å². The molecule has 1 saturated carbocycles. The van der Waals surface area contributed by atoms with Crippen LogP contribution in [0.25, 0.3) is 0 Å². The summed E-state index contributed by atoms with van der Waals surface area (Å²) in [7, 11) is 0. The summed E-state index contributed by atoms with van der Waals surface area (Å²) in [4.78, 5) is 25.5. The Kier molecular flexibility index (Phi) is 5.99. The van der Waals surface area contributed by atoms with Gasteiger partial charge in [-0.25, -0.2) is 9.59 Å². The Hall–Kier alpha value is -2.86. The van der Waals surface area contributed by atoms with E-state index in [1.807, 2.05) is 13.0 Å². The Bertz CT molecular complexity index is 1020. The van der Waals surface area contributed by atoms with E-state index in [9.17, 15) is 19.8 Å². The first-order valence-electron chi connectivity index (χ1n) is 11.5. The number of aromatic hydroxyl groups is 1. The molecule has 2 aliphatic carbocycles. The largest absolute Gasteiger partial charge is 0.508 e. The molecule has 6 unspecified atom stereocenters. The number of hydrogen-bond donors (Lipinski definition) is 2. The third-order valence-electron chi connectivity index (χ3n) is 8.25. The third-order valence-corrected chi connectivity index (χ3v) is 8.25. The van der Waals surface area contributed by atoms with Gasteiger partial charge in [-0.3, -0.25) is 0 Å². The highest BCUT2D eigenvalue weighted by Gasteiger charge is 2.66. The molecule has 6 atom stereocenters. The Morgan fingerprint density at radius 2 is 2.00 bits per heavy atom. The van der Waals surface area contributed by atoms with Gasteiger partial charge in [0.2, 0.25) is 0 Å². The lowest BCUT2D eigenvalue weighted by atomic mass is 9.45. The quantitative estimate of drug-likeness (QED) is 0.510. The van der Waals surface area contributed by atoms with Crippen LogP contribution in [0, 0.1) is 22.7 Å². The summed E-state index contributed by atoms with van der Waals surface area (Å²) >= 11 is 0. The number of phenols is 1. The zero-order valence-corrected chi connectivity index (χ0v) is 19.4. The lowest BCUT2D eigenvalue weighted by molar-refractivity contribution is -0.144. The molecular formula is C27H32O6. The van der Waals surface area contributed by atoms with Crippen molar-refractivity contribution >= 4 is 11.9 Å². The van der Waals surface area contributed by atoms with E-state index in [0.717, 1.165) is 12.0 Å². The lowest BCUT2D eigenvalue weighted by Crippen LogP contribution is -2.60. The average molecular weight is 453 g/mol. The summed E-state index contributed by atoms with van der Waals surface area (Å²) in [6, 6.07) is 5.86. The van der Waals surface area contributed by atoms with Crippen LogP contribution in [0.3, 0.4) is 0 Å². The predicted octanol–water partition coefficient (Wildman–Crippen LogP) is 4.34. The normalized spacial score (nSPS) is 35.7. The highest BCUT2D eigenvalue weighted by atomic mass is 16.5. The first-order valence-corrected chi connectivity index (χ1v) is 11.5. The molecule has 3 aliphatic rings. The molecule has 1 saturated heterocycles. The van der Waals surface area contributed by atoms with Gasteiger partial charge in [0.25, 0.3) is 0 Å². The van der Waals surface area contributed by atoms with Crippen molar-refractivity contribution in [2.24, 2.45) is 22.7 Å². The van der Waals surface area contributed by atoms with E-state index in [1.165, 1.54) is 24.3 Å². The van der Waals surface area contributed by atoms with E-state index in [4.69, 9.17) is 9.47 Å². The van der Waals surface area contributed by atoms with Crippen LogP contribution in [0.15, 0.2) is 60.2 Å². The van der Waals surface area contributed by atoms with E-state index in [1.54, 1.807) is 6.08 Å². The van der Waals surface area contributed by atoms with E-state index in [2.05, 4.69) is 26.5 Å². The molecule has 1 heterocycles. The number of esters is 2. The zero-order chi connectivity index (χ0) is 24.0. The number of hydrogen-bond acceptors (Lipinski definition) is 6. The van der Waals surface area contributed by atoms with Gasteiger partial charge in [-0.1, -0.05) is 38.2 Å². The van der Waals surface area contributed by atoms with Crippen molar-refractivity contribution in [1.29, 1.82) is 0 Å². The van der Waals surface area contributed by atoms with E-state index < -0.39 is 29.6 Å². The van der Waals surface area contributed by atoms with Crippen LogP contribution >= 0.6 is 0 Å². The molecule has 2 fully saturated rings. The number of ether oxygens (including phenoxy) is 2. The van der Waals surface area contributed by atoms with Crippen LogP contribution in [0.2, 0.25) is 0 Å². The summed E-state index contributed by atoms with van der Waals surface area (Å²) in [5.74, 6) is -0.848. The number of cyclic esters (lactones) is 1. The molecule has 6 nitrogen and oxygen atoms in total. The fraction of sp³-hybridized carbons (Fsp3) is 0.481. The molecule has 1 aromatic rings. The van der Waals surface area contributed by atoms with Crippen molar-refractivity contribution < 1.29 is 29.3 Å². The fourth-order valence-corrected chi connectivity index (χ4v) is 5.95.